The molecule has 1 N–H and O–H groups in total. The second kappa shape index (κ2) is 9.79. The molecule has 3 rings (SSSR count). The van der Waals surface area contributed by atoms with Gasteiger partial charge >= 0.3 is 0 Å². The molecular formula is C25H29NO5. The number of Topliss-reactive ketones (excluding diaryl/α,β-unsaturated/α-hetero) is 1. The Morgan fingerprint density at radius 3 is 2.45 bits per heavy atom. The number of amides is 1. The van der Waals surface area contributed by atoms with Gasteiger partial charge in [0, 0.05) is 12.1 Å². The summed E-state index contributed by atoms with van der Waals surface area (Å²) in [6, 6.07) is 13.8. The van der Waals surface area contributed by atoms with Crippen LogP contribution in [0.4, 0.5) is 0 Å². The van der Waals surface area contributed by atoms with Crippen molar-refractivity contribution < 1.29 is 24.2 Å². The van der Waals surface area contributed by atoms with Crippen LogP contribution >= 0.6 is 0 Å². The predicted octanol–water partition coefficient (Wildman–Crippen LogP) is 4.24. The van der Waals surface area contributed by atoms with Gasteiger partial charge in [-0.05, 0) is 57.5 Å². The zero-order valence-corrected chi connectivity index (χ0v) is 18.4. The van der Waals surface area contributed by atoms with Crippen LogP contribution in [0.2, 0.25) is 0 Å². The minimum Gasteiger partial charge on any atom is -0.507 e. The van der Waals surface area contributed by atoms with E-state index in [2.05, 4.69) is 0 Å². The number of likely N-dealkylation sites (tertiary alicyclic amines) is 1. The van der Waals surface area contributed by atoms with Gasteiger partial charge in [0.05, 0.1) is 30.9 Å². The second-order valence-corrected chi connectivity index (χ2v) is 7.78. The number of aliphatic hydroxyl groups is 1. The molecule has 1 heterocycles. The van der Waals surface area contributed by atoms with Crippen LogP contribution in [-0.4, -0.2) is 47.6 Å². The lowest BCUT2D eigenvalue weighted by Gasteiger charge is -2.26. The van der Waals surface area contributed by atoms with Gasteiger partial charge in [-0.1, -0.05) is 29.8 Å². The molecule has 6 nitrogen and oxygen atoms in total. The molecule has 0 aliphatic carbocycles. The Labute approximate surface area is 183 Å². The van der Waals surface area contributed by atoms with E-state index in [1.165, 1.54) is 4.90 Å². The van der Waals surface area contributed by atoms with Crippen LogP contribution in [0.25, 0.3) is 5.76 Å². The number of hydrogen-bond donors (Lipinski definition) is 1. The third-order valence-corrected chi connectivity index (χ3v) is 5.12. The molecule has 1 fully saturated rings. The van der Waals surface area contributed by atoms with E-state index < -0.39 is 17.7 Å². The number of benzene rings is 2. The summed E-state index contributed by atoms with van der Waals surface area (Å²) in [5.41, 5.74) is 2.32. The van der Waals surface area contributed by atoms with Crippen LogP contribution < -0.4 is 4.74 Å². The lowest BCUT2D eigenvalue weighted by molar-refractivity contribution is -0.140. The monoisotopic (exact) mass is 423 g/mol. The molecule has 2 aromatic rings. The number of hydrogen-bond acceptors (Lipinski definition) is 5. The molecule has 1 unspecified atom stereocenters. The molecule has 1 aliphatic rings. The summed E-state index contributed by atoms with van der Waals surface area (Å²) in [5.74, 6) is -0.852. The highest BCUT2D eigenvalue weighted by molar-refractivity contribution is 6.46. The molecule has 164 valence electrons. The van der Waals surface area contributed by atoms with E-state index in [4.69, 9.17) is 9.47 Å². The smallest absolute Gasteiger partial charge is 0.295 e. The highest BCUT2D eigenvalue weighted by atomic mass is 16.5. The van der Waals surface area contributed by atoms with Crippen molar-refractivity contribution in [2.45, 2.75) is 39.8 Å². The standard InChI is InChI=1S/C25H29NO5/c1-5-30-20-11-9-18(10-12-20)23(27)21-22(19-8-6-7-17(4)15-19)26(25(29)24(21)28)13-14-31-16(2)3/h6-12,15-16,22,27H,5,13-14H2,1-4H3/b23-21-. The topological polar surface area (TPSA) is 76.1 Å². The van der Waals surface area contributed by atoms with Gasteiger partial charge in [0.25, 0.3) is 11.7 Å². The average Bonchev–Trinajstić information content (AvgIpc) is 2.99. The first-order valence-corrected chi connectivity index (χ1v) is 10.5. The normalized spacial score (nSPS) is 18.1. The third-order valence-electron chi connectivity index (χ3n) is 5.12. The van der Waals surface area contributed by atoms with Crippen LogP contribution in [0.1, 0.15) is 43.5 Å². The number of aryl methyl sites for hydroxylation is 1. The molecule has 1 aliphatic heterocycles. The summed E-state index contributed by atoms with van der Waals surface area (Å²) in [6.45, 7) is 8.75. The Hall–Kier alpha value is -3.12. The minimum absolute atomic E-state index is 0.0121. The molecular weight excluding hydrogens is 394 g/mol. The number of aliphatic hydroxyl groups excluding tert-OH is 1. The molecule has 0 radical (unpaired) electrons. The maximum Gasteiger partial charge on any atom is 0.295 e. The van der Waals surface area contributed by atoms with Crippen LogP contribution in [0.3, 0.4) is 0 Å². The van der Waals surface area contributed by atoms with Crippen molar-refractivity contribution in [3.05, 3.63) is 70.8 Å². The van der Waals surface area contributed by atoms with Crippen molar-refractivity contribution in [1.82, 2.24) is 4.90 Å². The number of rotatable bonds is 8. The average molecular weight is 424 g/mol. The van der Waals surface area contributed by atoms with Crippen LogP contribution in [0.15, 0.2) is 54.1 Å². The zero-order chi connectivity index (χ0) is 22.5. The maximum atomic E-state index is 13.0. The summed E-state index contributed by atoms with van der Waals surface area (Å²) >= 11 is 0. The Morgan fingerprint density at radius 1 is 1.13 bits per heavy atom. The molecule has 1 saturated heterocycles. The SMILES string of the molecule is CCOc1ccc(/C(O)=C2/C(=O)C(=O)N(CCOC(C)C)C2c2cccc(C)c2)cc1. The van der Waals surface area contributed by atoms with Crippen molar-refractivity contribution in [2.75, 3.05) is 19.8 Å². The zero-order valence-electron chi connectivity index (χ0n) is 18.4. The highest BCUT2D eigenvalue weighted by Gasteiger charge is 2.45. The van der Waals surface area contributed by atoms with E-state index in [9.17, 15) is 14.7 Å². The van der Waals surface area contributed by atoms with E-state index >= 15 is 0 Å². The van der Waals surface area contributed by atoms with Crippen molar-refractivity contribution in [3.63, 3.8) is 0 Å². The number of carbonyl (C=O) groups excluding carboxylic acids is 2. The summed E-state index contributed by atoms with van der Waals surface area (Å²) in [7, 11) is 0. The van der Waals surface area contributed by atoms with Gasteiger partial charge in [-0.3, -0.25) is 9.59 Å². The summed E-state index contributed by atoms with van der Waals surface area (Å²) in [4.78, 5) is 27.4. The van der Waals surface area contributed by atoms with E-state index in [1.54, 1.807) is 24.3 Å². The molecule has 1 atom stereocenters. The number of ether oxygens (including phenoxy) is 2. The Morgan fingerprint density at radius 2 is 1.84 bits per heavy atom. The number of nitrogens with zero attached hydrogens (tertiary/aromatic N) is 1. The van der Waals surface area contributed by atoms with Crippen molar-refractivity contribution >= 4 is 17.4 Å². The molecule has 31 heavy (non-hydrogen) atoms. The lowest BCUT2D eigenvalue weighted by atomic mass is 9.94. The molecule has 0 aromatic heterocycles. The Bertz CT molecular complexity index is 978. The molecule has 0 spiro atoms. The summed E-state index contributed by atoms with van der Waals surface area (Å²) in [5, 5.41) is 11.1. The fourth-order valence-electron chi connectivity index (χ4n) is 3.72. The van der Waals surface area contributed by atoms with Crippen molar-refractivity contribution in [2.24, 2.45) is 0 Å². The van der Waals surface area contributed by atoms with Gasteiger partial charge in [0.2, 0.25) is 0 Å². The quantitative estimate of drug-likeness (QED) is 0.390. The molecule has 6 heteroatoms. The van der Waals surface area contributed by atoms with E-state index in [-0.39, 0.29) is 24.0 Å². The minimum atomic E-state index is -0.692. The highest BCUT2D eigenvalue weighted by Crippen LogP contribution is 2.39. The van der Waals surface area contributed by atoms with Crippen molar-refractivity contribution in [3.8, 4) is 5.75 Å². The van der Waals surface area contributed by atoms with Gasteiger partial charge in [-0.15, -0.1) is 0 Å². The first kappa shape index (κ1) is 22.6. The van der Waals surface area contributed by atoms with Crippen LogP contribution in [-0.2, 0) is 14.3 Å². The summed E-state index contributed by atoms with van der Waals surface area (Å²) in [6.07, 6.45) is 0.0121. The largest absolute Gasteiger partial charge is 0.507 e. The fourth-order valence-corrected chi connectivity index (χ4v) is 3.72. The maximum absolute atomic E-state index is 13.0. The number of ketones is 1. The van der Waals surface area contributed by atoms with Crippen LogP contribution in [0.5, 0.6) is 5.75 Å². The van der Waals surface area contributed by atoms with Gasteiger partial charge in [-0.2, -0.15) is 0 Å². The second-order valence-electron chi connectivity index (χ2n) is 7.78. The first-order chi connectivity index (χ1) is 14.8. The Kier molecular flexibility index (Phi) is 7.13. The Balaban J connectivity index is 2.05. The van der Waals surface area contributed by atoms with Crippen molar-refractivity contribution in [1.29, 1.82) is 0 Å². The molecule has 1 amide bonds. The van der Waals surface area contributed by atoms with Gasteiger partial charge in [0.1, 0.15) is 11.5 Å². The first-order valence-electron chi connectivity index (χ1n) is 10.5. The van der Waals surface area contributed by atoms with Gasteiger partial charge in [0.15, 0.2) is 0 Å². The fraction of sp³-hybridized carbons (Fsp3) is 0.360. The number of carbonyl (C=O) groups is 2. The van der Waals surface area contributed by atoms with E-state index in [0.717, 1.165) is 11.1 Å². The van der Waals surface area contributed by atoms with Gasteiger partial charge < -0.3 is 19.5 Å². The van der Waals surface area contributed by atoms with E-state index in [0.29, 0.717) is 24.5 Å². The third kappa shape index (κ3) is 4.97. The van der Waals surface area contributed by atoms with Gasteiger partial charge in [-0.25, -0.2) is 0 Å². The summed E-state index contributed by atoms with van der Waals surface area (Å²) < 4.78 is 11.1. The van der Waals surface area contributed by atoms with E-state index in [1.807, 2.05) is 52.0 Å². The van der Waals surface area contributed by atoms with Crippen LogP contribution in [0, 0.1) is 6.92 Å². The molecule has 0 bridgehead atoms. The lowest BCUT2D eigenvalue weighted by Crippen LogP contribution is -2.33. The predicted molar refractivity (Wildman–Crippen MR) is 119 cm³/mol. The molecule has 0 saturated carbocycles. The molecule has 2 aromatic carbocycles.